The molecular formula is C110H134Br2N8O19Si. The Balaban J connectivity index is 0.000000213. The number of amides is 4. The molecule has 0 aliphatic carbocycles. The molecule has 27 nitrogen and oxygen atoms in total. The van der Waals surface area contributed by atoms with Crippen molar-refractivity contribution in [1.82, 2.24) is 0 Å². The van der Waals surface area contributed by atoms with E-state index in [2.05, 4.69) is 112 Å². The van der Waals surface area contributed by atoms with Gasteiger partial charge in [0, 0.05) is 154 Å². The number of aliphatic hydroxyl groups excluding tert-OH is 2. The first-order valence-electron chi connectivity index (χ1n) is 46.2. The number of hydrogen-bond acceptors (Lipinski definition) is 21. The van der Waals surface area contributed by atoms with Crippen molar-refractivity contribution in [2.24, 2.45) is 17.8 Å². The quantitative estimate of drug-likeness (QED) is 0.0132. The lowest BCUT2D eigenvalue weighted by molar-refractivity contribution is 0.0591. The highest BCUT2D eigenvalue weighted by Gasteiger charge is 2.39. The van der Waals surface area contributed by atoms with Gasteiger partial charge in [-0.15, -0.1) is 0 Å². The van der Waals surface area contributed by atoms with Crippen LogP contribution in [-0.4, -0.2) is 176 Å². The van der Waals surface area contributed by atoms with Crippen molar-refractivity contribution in [3.05, 3.63) is 300 Å². The number of benzene rings is 10. The number of esters is 4. The van der Waals surface area contributed by atoms with Gasteiger partial charge in [-0.2, -0.15) is 0 Å². The number of nitrogens with one attached hydrogen (secondary N) is 4. The molecule has 10 aromatic carbocycles. The molecule has 13 rings (SSSR count). The molecule has 0 spiro atoms. The molecule has 3 fully saturated rings. The van der Waals surface area contributed by atoms with E-state index in [1.165, 1.54) is 28.4 Å². The lowest BCUT2D eigenvalue weighted by Crippen LogP contribution is -2.42. The van der Waals surface area contributed by atoms with Gasteiger partial charge in [0.25, 0.3) is 23.6 Å². The summed E-state index contributed by atoms with van der Waals surface area (Å²) < 4.78 is 27.2. The Bertz CT molecular complexity index is 6290. The number of aromatic carboxylic acids is 2. The number of rotatable bonds is 22. The Labute approximate surface area is 840 Å². The maximum atomic E-state index is 13.4. The molecule has 3 saturated heterocycles. The number of carbonyl (C=O) groups is 10. The molecule has 3 atom stereocenters. The highest BCUT2D eigenvalue weighted by atomic mass is 79.9. The minimum Gasteiger partial charge on any atom is -0.478 e. The zero-order valence-electron chi connectivity index (χ0n) is 84.7. The third kappa shape index (κ3) is 28.7. The number of methoxy groups -OCH3 is 4. The van der Waals surface area contributed by atoms with Crippen molar-refractivity contribution in [1.29, 1.82) is 0 Å². The van der Waals surface area contributed by atoms with E-state index in [0.717, 1.165) is 152 Å². The van der Waals surface area contributed by atoms with Crippen molar-refractivity contribution in [3.63, 3.8) is 0 Å². The summed E-state index contributed by atoms with van der Waals surface area (Å²) >= 11 is 6.58. The van der Waals surface area contributed by atoms with Crippen LogP contribution in [0.1, 0.15) is 227 Å². The number of carboxylic acid groups (broad SMARTS) is 2. The smallest absolute Gasteiger partial charge is 0.338 e. The predicted octanol–water partition coefficient (Wildman–Crippen LogP) is 21.9. The molecule has 746 valence electrons. The van der Waals surface area contributed by atoms with E-state index < -0.39 is 38.2 Å². The summed E-state index contributed by atoms with van der Waals surface area (Å²) in [5.41, 5.74) is 28.8. The van der Waals surface area contributed by atoms with Gasteiger partial charge >= 0.3 is 35.8 Å². The lowest BCUT2D eigenvalue weighted by atomic mass is 10.0. The van der Waals surface area contributed by atoms with E-state index in [9.17, 15) is 63.3 Å². The van der Waals surface area contributed by atoms with Crippen molar-refractivity contribution in [3.8, 4) is 0 Å². The second-order valence-electron chi connectivity index (χ2n) is 37.2. The number of aliphatic hydroxyl groups is 2. The van der Waals surface area contributed by atoms with Gasteiger partial charge in [0.2, 0.25) is 0 Å². The number of carbonyl (C=O) groups excluding carboxylic acids is 8. The molecule has 3 aliphatic rings. The van der Waals surface area contributed by atoms with Crippen molar-refractivity contribution in [2.75, 3.05) is 129 Å². The van der Waals surface area contributed by atoms with Crippen LogP contribution in [0.3, 0.4) is 0 Å². The maximum absolute atomic E-state index is 13.4. The maximum Gasteiger partial charge on any atom is 0.338 e. The molecule has 3 aliphatic heterocycles. The molecule has 0 saturated carbocycles. The summed E-state index contributed by atoms with van der Waals surface area (Å²) in [5, 5.41) is 48.8. The van der Waals surface area contributed by atoms with Gasteiger partial charge in [0.05, 0.1) is 61.8 Å². The zero-order valence-corrected chi connectivity index (χ0v) is 88.9. The molecule has 30 heteroatoms. The molecule has 3 unspecified atom stereocenters. The largest absolute Gasteiger partial charge is 0.478 e. The van der Waals surface area contributed by atoms with E-state index in [-0.39, 0.29) is 65.2 Å². The molecule has 0 bridgehead atoms. The number of halogens is 2. The first-order chi connectivity index (χ1) is 65.9. The van der Waals surface area contributed by atoms with Crippen LogP contribution in [0, 0.1) is 122 Å². The van der Waals surface area contributed by atoms with Crippen LogP contribution in [0.25, 0.3) is 0 Å². The summed E-state index contributed by atoms with van der Waals surface area (Å²) in [6.07, 6.45) is 2.97. The van der Waals surface area contributed by atoms with E-state index in [0.29, 0.717) is 107 Å². The van der Waals surface area contributed by atoms with E-state index >= 15 is 0 Å². The van der Waals surface area contributed by atoms with Crippen molar-refractivity contribution >= 4 is 145 Å². The van der Waals surface area contributed by atoms with Crippen LogP contribution in [0.15, 0.2) is 161 Å². The van der Waals surface area contributed by atoms with Crippen molar-refractivity contribution in [2.45, 2.75) is 162 Å². The third-order valence-electron chi connectivity index (χ3n) is 26.5. The van der Waals surface area contributed by atoms with Gasteiger partial charge in [-0.25, -0.2) is 28.8 Å². The van der Waals surface area contributed by atoms with E-state index in [1.807, 2.05) is 155 Å². The average molecular weight is 2060 g/mol. The van der Waals surface area contributed by atoms with Gasteiger partial charge in [-0.05, 0) is 316 Å². The van der Waals surface area contributed by atoms with Crippen LogP contribution >= 0.6 is 31.9 Å². The van der Waals surface area contributed by atoms with Crippen LogP contribution in [0.2, 0.25) is 18.1 Å². The Morgan fingerprint density at radius 3 is 0.886 bits per heavy atom. The molecule has 0 aromatic heterocycles. The number of ether oxygens (including phenoxy) is 4. The Hall–Kier alpha value is -12.8. The van der Waals surface area contributed by atoms with Crippen LogP contribution < -0.4 is 41.7 Å². The van der Waals surface area contributed by atoms with Gasteiger partial charge < -0.3 is 85.5 Å². The first kappa shape index (κ1) is 112. The molecule has 0 radical (unpaired) electrons. The number of nitrogen functional groups attached to an aromatic ring is 1. The Kier molecular flexibility index (Phi) is 40.4. The fourth-order valence-electron chi connectivity index (χ4n) is 16.3. The standard InChI is InChI=1S/C29H42N2O4Si.C23H28N2O4.C22H26N2O4.C18H18BrNO3.C10H13NO2.C8H7BrO2/c1-19-10-12-23(31-15-14-22(17-31)18-35-36(8,9)29(4,5)6)16-25(19)27(32)30-26-20(2)11-13-24(21(26)3)28(33)34-7;1-14-5-7-18(25-10-9-17(12-25)13-26)11-20(14)22(27)24-21-15(2)6-8-19(16(21)3)23(28)29-4;1-13-4-6-17(24-9-8-16(11-24)12-25)10-19(13)21(26)23-20-14(2)5-7-18(15(20)3)22(27)28;1-10-5-7-13(19)9-15(10)17(21)20-16-11(2)6-8-14(12(16)3)18(22)23-4;1-6-4-5-8(10(12)13-3)7(2)9(6)11;1-5-2-3-6(9)4-7(5)8(10)11/h10-13,16,22H,14-15,17-18H2,1-9H3,(H,30,32);5-8,11,17,26H,9-10,12-13H2,1-4H3,(H,24,27);4-7,10,16,25H,8-9,11-12H2,1-3H3,(H,23,26)(H,27,28);5-9H,1-4H3,(H,20,21);4-5H,11H2,1-3H3;2-4H,1H3,(H,10,11). The van der Waals surface area contributed by atoms with E-state index in [1.54, 1.807) is 94.4 Å². The first-order valence-corrected chi connectivity index (χ1v) is 50.7. The van der Waals surface area contributed by atoms with E-state index in [4.69, 9.17) is 29.5 Å². The highest BCUT2D eigenvalue weighted by molar-refractivity contribution is 9.10. The Morgan fingerprint density at radius 1 is 0.350 bits per heavy atom. The molecular weight excluding hydrogens is 1930 g/mol. The Morgan fingerprint density at radius 2 is 0.600 bits per heavy atom. The average Bonchev–Trinajstić information content (AvgIpc) is 1.61. The second-order valence-corrected chi connectivity index (χ2v) is 43.9. The van der Waals surface area contributed by atoms with Gasteiger partial charge in [-0.3, -0.25) is 19.2 Å². The van der Waals surface area contributed by atoms with Crippen LogP contribution in [0.4, 0.5) is 45.5 Å². The number of nitrogens with zero attached hydrogens (tertiary/aromatic N) is 3. The third-order valence-corrected chi connectivity index (χ3v) is 31.9. The minimum atomic E-state index is -1.77. The monoisotopic (exact) mass is 2060 g/mol. The lowest BCUT2D eigenvalue weighted by Gasteiger charge is -2.37. The fourth-order valence-corrected chi connectivity index (χ4v) is 18.1. The second kappa shape index (κ2) is 50.3. The van der Waals surface area contributed by atoms with Crippen LogP contribution in [-0.2, 0) is 23.4 Å². The van der Waals surface area contributed by atoms with Gasteiger partial charge in [0.1, 0.15) is 0 Å². The summed E-state index contributed by atoms with van der Waals surface area (Å²) in [4.78, 5) is 128. The molecule has 4 amide bonds. The summed E-state index contributed by atoms with van der Waals surface area (Å²) in [6, 6.07) is 45.8. The summed E-state index contributed by atoms with van der Waals surface area (Å²) in [6.45, 7) is 45.5. The van der Waals surface area contributed by atoms with Crippen molar-refractivity contribution < 1.29 is 91.7 Å². The number of nitrogens with two attached hydrogens (primary N) is 1. The van der Waals surface area contributed by atoms with Gasteiger partial charge in [0.15, 0.2) is 8.32 Å². The van der Waals surface area contributed by atoms with Gasteiger partial charge in [-0.1, -0.05) is 113 Å². The zero-order chi connectivity index (χ0) is 104. The number of hydrogen-bond donors (Lipinski definition) is 9. The molecule has 140 heavy (non-hydrogen) atoms. The molecule has 3 heterocycles. The number of anilines is 8. The topological polar surface area (TPSA) is 382 Å². The SMILES string of the molecule is COC(=O)c1ccc(C)c(N)c1C.COC(=O)c1ccc(C)c(NC(=O)c2cc(Br)ccc2C)c1C.COC(=O)c1ccc(C)c(NC(=O)c2cc(N3CCC(CO)C3)ccc2C)c1C.COC(=O)c1ccc(C)c(NC(=O)c2cc(N3CCC(CO[Si](C)(C)C(C)(C)C)C3)ccc2C)c1C.Cc1ccc(Br)cc1C(=O)O.Cc1ccc(N2CCC(CO)C2)cc1C(=O)Nc1c(C)ccc(C(=O)O)c1C. The fraction of sp³-hybridized carbons (Fsp3) is 0.364. The minimum absolute atomic E-state index is 0.175. The number of carboxylic acids is 2. The highest BCUT2D eigenvalue weighted by Crippen LogP contribution is 2.40. The summed E-state index contributed by atoms with van der Waals surface area (Å²) in [7, 11) is 3.63. The predicted molar refractivity (Wildman–Crippen MR) is 565 cm³/mol. The summed E-state index contributed by atoms with van der Waals surface area (Å²) in [5.74, 6) is -3.33. The van der Waals surface area contributed by atoms with Crippen LogP contribution in [0.5, 0.6) is 0 Å². The normalized spacial score (nSPS) is 14.1. The number of aryl methyl sites for hydroxylation is 10. The molecule has 10 N–H and O–H groups in total. The molecule has 10 aromatic rings.